The van der Waals surface area contributed by atoms with Crippen LogP contribution in [0.2, 0.25) is 5.02 Å². The summed E-state index contributed by atoms with van der Waals surface area (Å²) in [5.41, 5.74) is 6.74. The molecule has 0 spiro atoms. The number of rotatable bonds is 3. The fraction of sp³-hybridized carbons (Fsp3) is 0.333. The van der Waals surface area contributed by atoms with Gasteiger partial charge in [-0.25, -0.2) is 0 Å². The van der Waals surface area contributed by atoms with Gasteiger partial charge in [-0.3, -0.25) is 0 Å². The van der Waals surface area contributed by atoms with Crippen LogP contribution in [0.5, 0.6) is 0 Å². The first-order valence-corrected chi connectivity index (χ1v) is 5.01. The SMILES string of the molecule is COC[C@@H](N)c1ccc(Br)cc1Cl. The molecule has 0 heterocycles. The number of nitrogens with two attached hydrogens (primary N) is 1. The smallest absolute Gasteiger partial charge is 0.0656 e. The summed E-state index contributed by atoms with van der Waals surface area (Å²) in [5, 5.41) is 0.666. The van der Waals surface area contributed by atoms with Crippen LogP contribution in [-0.4, -0.2) is 13.7 Å². The molecular formula is C9H11BrClNO. The number of halogens is 2. The van der Waals surface area contributed by atoms with Gasteiger partial charge in [0.2, 0.25) is 0 Å². The summed E-state index contributed by atoms with van der Waals surface area (Å²) in [6.07, 6.45) is 0. The van der Waals surface area contributed by atoms with E-state index < -0.39 is 0 Å². The first kappa shape index (κ1) is 11.0. The van der Waals surface area contributed by atoms with Gasteiger partial charge in [0.1, 0.15) is 0 Å². The lowest BCUT2D eigenvalue weighted by Crippen LogP contribution is -2.16. The second kappa shape index (κ2) is 4.96. The summed E-state index contributed by atoms with van der Waals surface area (Å²) >= 11 is 9.32. The largest absolute Gasteiger partial charge is 0.383 e. The fourth-order valence-electron chi connectivity index (χ4n) is 1.07. The minimum Gasteiger partial charge on any atom is -0.383 e. The average molecular weight is 265 g/mol. The van der Waals surface area contributed by atoms with Gasteiger partial charge in [-0.05, 0) is 17.7 Å². The Kier molecular flexibility index (Phi) is 4.19. The molecule has 0 fully saturated rings. The van der Waals surface area contributed by atoms with E-state index in [1.807, 2.05) is 18.2 Å². The first-order valence-electron chi connectivity index (χ1n) is 3.84. The Bertz CT molecular complexity index is 293. The van der Waals surface area contributed by atoms with Gasteiger partial charge in [0.15, 0.2) is 0 Å². The number of ether oxygens (including phenoxy) is 1. The topological polar surface area (TPSA) is 35.2 Å². The molecular weight excluding hydrogens is 253 g/mol. The van der Waals surface area contributed by atoms with Crippen LogP contribution >= 0.6 is 27.5 Å². The summed E-state index contributed by atoms with van der Waals surface area (Å²) < 4.78 is 5.90. The van der Waals surface area contributed by atoms with Crippen molar-refractivity contribution in [3.8, 4) is 0 Å². The van der Waals surface area contributed by atoms with Gasteiger partial charge >= 0.3 is 0 Å². The zero-order chi connectivity index (χ0) is 9.84. The normalized spacial score (nSPS) is 12.9. The predicted octanol–water partition coefficient (Wildman–Crippen LogP) is 2.75. The van der Waals surface area contributed by atoms with Gasteiger partial charge in [-0.1, -0.05) is 33.6 Å². The molecule has 0 aromatic heterocycles. The van der Waals surface area contributed by atoms with E-state index in [1.165, 1.54) is 0 Å². The summed E-state index contributed by atoms with van der Waals surface area (Å²) in [6, 6.07) is 5.48. The van der Waals surface area contributed by atoms with Crippen molar-refractivity contribution in [1.82, 2.24) is 0 Å². The highest BCUT2D eigenvalue weighted by molar-refractivity contribution is 9.10. The minimum atomic E-state index is -0.161. The molecule has 1 rings (SSSR count). The van der Waals surface area contributed by atoms with E-state index in [0.29, 0.717) is 11.6 Å². The van der Waals surface area contributed by atoms with Crippen LogP contribution in [0.15, 0.2) is 22.7 Å². The third-order valence-corrected chi connectivity index (χ3v) is 2.53. The molecule has 0 aliphatic heterocycles. The fourth-order valence-corrected chi connectivity index (χ4v) is 1.89. The Morgan fingerprint density at radius 2 is 2.31 bits per heavy atom. The maximum Gasteiger partial charge on any atom is 0.0656 e. The average Bonchev–Trinajstić information content (AvgIpc) is 2.04. The molecule has 13 heavy (non-hydrogen) atoms. The zero-order valence-electron chi connectivity index (χ0n) is 7.26. The van der Waals surface area contributed by atoms with E-state index in [9.17, 15) is 0 Å². The Morgan fingerprint density at radius 1 is 1.62 bits per heavy atom. The van der Waals surface area contributed by atoms with E-state index in [1.54, 1.807) is 7.11 Å². The van der Waals surface area contributed by atoms with Crippen molar-refractivity contribution in [3.63, 3.8) is 0 Å². The Morgan fingerprint density at radius 3 is 2.85 bits per heavy atom. The molecule has 0 saturated carbocycles. The number of benzene rings is 1. The second-order valence-corrected chi connectivity index (χ2v) is 4.05. The van der Waals surface area contributed by atoms with Gasteiger partial charge in [-0.15, -0.1) is 0 Å². The molecule has 0 aliphatic rings. The van der Waals surface area contributed by atoms with E-state index in [2.05, 4.69) is 15.9 Å². The summed E-state index contributed by atoms with van der Waals surface area (Å²) in [6.45, 7) is 0.474. The lowest BCUT2D eigenvalue weighted by Gasteiger charge is -2.12. The molecule has 0 radical (unpaired) electrons. The molecule has 0 unspecified atom stereocenters. The van der Waals surface area contributed by atoms with Crippen LogP contribution in [0, 0.1) is 0 Å². The van der Waals surface area contributed by atoms with Gasteiger partial charge in [0.05, 0.1) is 12.6 Å². The Balaban J connectivity index is 2.88. The van der Waals surface area contributed by atoms with Crippen LogP contribution < -0.4 is 5.73 Å². The van der Waals surface area contributed by atoms with Crippen LogP contribution in [-0.2, 0) is 4.74 Å². The van der Waals surface area contributed by atoms with Gasteiger partial charge in [0, 0.05) is 16.6 Å². The number of hydrogen-bond donors (Lipinski definition) is 1. The molecule has 2 nitrogen and oxygen atoms in total. The van der Waals surface area contributed by atoms with Crippen molar-refractivity contribution >= 4 is 27.5 Å². The van der Waals surface area contributed by atoms with Crippen molar-refractivity contribution < 1.29 is 4.74 Å². The zero-order valence-corrected chi connectivity index (χ0v) is 9.60. The monoisotopic (exact) mass is 263 g/mol. The van der Waals surface area contributed by atoms with E-state index in [4.69, 9.17) is 22.1 Å². The molecule has 2 N–H and O–H groups in total. The van der Waals surface area contributed by atoms with Gasteiger partial charge in [-0.2, -0.15) is 0 Å². The molecule has 0 saturated heterocycles. The highest BCUT2D eigenvalue weighted by Crippen LogP contribution is 2.25. The van der Waals surface area contributed by atoms with Crippen molar-refractivity contribution in [1.29, 1.82) is 0 Å². The number of hydrogen-bond acceptors (Lipinski definition) is 2. The third-order valence-electron chi connectivity index (χ3n) is 1.71. The molecule has 0 bridgehead atoms. The Labute approximate surface area is 91.2 Å². The summed E-state index contributed by atoms with van der Waals surface area (Å²) in [4.78, 5) is 0. The lowest BCUT2D eigenvalue weighted by molar-refractivity contribution is 0.181. The molecule has 4 heteroatoms. The highest BCUT2D eigenvalue weighted by Gasteiger charge is 2.09. The summed E-state index contributed by atoms with van der Waals surface area (Å²) in [7, 11) is 1.62. The molecule has 0 amide bonds. The van der Waals surface area contributed by atoms with Crippen LogP contribution in [0.4, 0.5) is 0 Å². The third kappa shape index (κ3) is 2.95. The van der Waals surface area contributed by atoms with E-state index >= 15 is 0 Å². The lowest BCUT2D eigenvalue weighted by atomic mass is 10.1. The van der Waals surface area contributed by atoms with Crippen molar-refractivity contribution in [2.75, 3.05) is 13.7 Å². The van der Waals surface area contributed by atoms with E-state index in [0.717, 1.165) is 10.0 Å². The predicted molar refractivity (Wildman–Crippen MR) is 58.0 cm³/mol. The first-order chi connectivity index (χ1) is 6.15. The standard InChI is InChI=1S/C9H11BrClNO/c1-13-5-9(12)7-3-2-6(10)4-8(7)11/h2-4,9H,5,12H2,1H3/t9-/m1/s1. The maximum absolute atomic E-state index is 5.99. The quantitative estimate of drug-likeness (QED) is 0.911. The van der Waals surface area contributed by atoms with Gasteiger partial charge < -0.3 is 10.5 Å². The minimum absolute atomic E-state index is 0.161. The van der Waals surface area contributed by atoms with Crippen molar-refractivity contribution in [2.24, 2.45) is 5.73 Å². The second-order valence-electron chi connectivity index (χ2n) is 2.73. The molecule has 72 valence electrons. The Hall–Kier alpha value is -0.0900. The van der Waals surface area contributed by atoms with Crippen LogP contribution in [0.3, 0.4) is 0 Å². The van der Waals surface area contributed by atoms with E-state index in [-0.39, 0.29) is 6.04 Å². The maximum atomic E-state index is 5.99. The molecule has 0 aliphatic carbocycles. The van der Waals surface area contributed by atoms with Crippen LogP contribution in [0.25, 0.3) is 0 Å². The van der Waals surface area contributed by atoms with Crippen molar-refractivity contribution in [2.45, 2.75) is 6.04 Å². The number of methoxy groups -OCH3 is 1. The molecule has 1 aromatic rings. The molecule has 1 atom stereocenters. The molecule has 1 aromatic carbocycles. The summed E-state index contributed by atoms with van der Waals surface area (Å²) in [5.74, 6) is 0. The van der Waals surface area contributed by atoms with Gasteiger partial charge in [0.25, 0.3) is 0 Å². The highest BCUT2D eigenvalue weighted by atomic mass is 79.9. The van der Waals surface area contributed by atoms with Crippen LogP contribution in [0.1, 0.15) is 11.6 Å². The van der Waals surface area contributed by atoms with Crippen molar-refractivity contribution in [3.05, 3.63) is 33.3 Å².